The van der Waals surface area contributed by atoms with Gasteiger partial charge in [-0.05, 0) is 69.7 Å². The molecule has 29 heavy (non-hydrogen) atoms. The summed E-state index contributed by atoms with van der Waals surface area (Å²) in [5, 5.41) is 2.89. The molecule has 156 valence electrons. The minimum absolute atomic E-state index is 0.168. The Morgan fingerprint density at radius 3 is 2.24 bits per heavy atom. The van der Waals surface area contributed by atoms with Crippen LogP contribution in [-0.4, -0.2) is 34.9 Å². The molecule has 2 aromatic carbocycles. The zero-order valence-electron chi connectivity index (χ0n) is 17.0. The molecule has 0 aromatic heterocycles. The van der Waals surface area contributed by atoms with Crippen LogP contribution in [-0.2, 0) is 16.1 Å². The first-order valence-corrected chi connectivity index (χ1v) is 10.1. The highest BCUT2D eigenvalue weighted by molar-refractivity contribution is 9.10. The van der Waals surface area contributed by atoms with Crippen LogP contribution >= 0.6 is 15.9 Å². The fraction of sp³-hybridized carbons (Fsp3) is 0.364. The molecular formula is C22H26BrFN2O3. The van der Waals surface area contributed by atoms with E-state index in [0.717, 1.165) is 10.0 Å². The number of rotatable bonds is 7. The Kier molecular flexibility index (Phi) is 7.79. The van der Waals surface area contributed by atoms with Crippen LogP contribution in [0.1, 0.15) is 33.3 Å². The maximum atomic E-state index is 13.2. The SMILES string of the molecule is C[C@@H](C(=O)NC(C)(C)C)N(Cc1ccc(F)cc1)C(=O)COc1ccc(Br)cc1. The molecule has 5 nitrogen and oxygen atoms in total. The lowest BCUT2D eigenvalue weighted by atomic mass is 10.1. The lowest BCUT2D eigenvalue weighted by Crippen LogP contribution is -2.53. The molecule has 0 aliphatic heterocycles. The van der Waals surface area contributed by atoms with E-state index >= 15 is 0 Å². The highest BCUT2D eigenvalue weighted by Gasteiger charge is 2.28. The molecule has 0 bridgehead atoms. The van der Waals surface area contributed by atoms with Gasteiger partial charge in [-0.2, -0.15) is 0 Å². The number of halogens is 2. The van der Waals surface area contributed by atoms with Gasteiger partial charge in [-0.1, -0.05) is 28.1 Å². The average molecular weight is 465 g/mol. The van der Waals surface area contributed by atoms with Crippen LogP contribution in [0.15, 0.2) is 53.0 Å². The van der Waals surface area contributed by atoms with E-state index in [1.165, 1.54) is 17.0 Å². The Morgan fingerprint density at radius 2 is 1.69 bits per heavy atom. The third-order valence-electron chi connectivity index (χ3n) is 4.11. The van der Waals surface area contributed by atoms with Crippen LogP contribution in [0, 0.1) is 5.82 Å². The molecule has 0 aliphatic carbocycles. The van der Waals surface area contributed by atoms with Gasteiger partial charge < -0.3 is 15.0 Å². The predicted molar refractivity (Wildman–Crippen MR) is 114 cm³/mol. The summed E-state index contributed by atoms with van der Waals surface area (Å²) in [6.45, 7) is 7.25. The topological polar surface area (TPSA) is 58.6 Å². The van der Waals surface area contributed by atoms with Crippen molar-refractivity contribution < 1.29 is 18.7 Å². The van der Waals surface area contributed by atoms with Gasteiger partial charge in [0, 0.05) is 16.6 Å². The van der Waals surface area contributed by atoms with E-state index < -0.39 is 11.6 Å². The van der Waals surface area contributed by atoms with Crippen LogP contribution in [0.3, 0.4) is 0 Å². The van der Waals surface area contributed by atoms with Crippen LogP contribution in [0.4, 0.5) is 4.39 Å². The molecule has 0 heterocycles. The summed E-state index contributed by atoms with van der Waals surface area (Å²) < 4.78 is 19.7. The van der Waals surface area contributed by atoms with Gasteiger partial charge in [-0.15, -0.1) is 0 Å². The second kappa shape index (κ2) is 9.87. The molecule has 2 aromatic rings. The molecular weight excluding hydrogens is 439 g/mol. The monoisotopic (exact) mass is 464 g/mol. The molecule has 0 fully saturated rings. The molecule has 0 unspecified atom stereocenters. The molecule has 0 aliphatic rings. The Morgan fingerprint density at radius 1 is 1.10 bits per heavy atom. The Balaban J connectivity index is 2.15. The summed E-state index contributed by atoms with van der Waals surface area (Å²) >= 11 is 3.35. The summed E-state index contributed by atoms with van der Waals surface area (Å²) in [4.78, 5) is 27.0. The highest BCUT2D eigenvalue weighted by atomic mass is 79.9. The van der Waals surface area contributed by atoms with Gasteiger partial charge in [0.2, 0.25) is 5.91 Å². The van der Waals surface area contributed by atoms with Crippen molar-refractivity contribution in [3.63, 3.8) is 0 Å². The second-order valence-electron chi connectivity index (χ2n) is 7.81. The molecule has 1 N–H and O–H groups in total. The predicted octanol–water partition coefficient (Wildman–Crippen LogP) is 4.30. The van der Waals surface area contributed by atoms with E-state index in [2.05, 4.69) is 21.2 Å². The van der Waals surface area contributed by atoms with Crippen LogP contribution in [0.2, 0.25) is 0 Å². The first-order valence-electron chi connectivity index (χ1n) is 9.29. The van der Waals surface area contributed by atoms with Gasteiger partial charge in [0.1, 0.15) is 17.6 Å². The van der Waals surface area contributed by atoms with E-state index in [4.69, 9.17) is 4.74 Å². The fourth-order valence-electron chi connectivity index (χ4n) is 2.60. The lowest BCUT2D eigenvalue weighted by molar-refractivity contribution is -0.142. The van der Waals surface area contributed by atoms with Crippen LogP contribution in [0.25, 0.3) is 0 Å². The summed E-state index contributed by atoms with van der Waals surface area (Å²) in [6.07, 6.45) is 0. The number of hydrogen-bond donors (Lipinski definition) is 1. The first kappa shape index (κ1) is 22.9. The Labute approximate surface area is 179 Å². The van der Waals surface area contributed by atoms with Gasteiger partial charge in [0.15, 0.2) is 6.61 Å². The third kappa shape index (κ3) is 7.49. The van der Waals surface area contributed by atoms with Gasteiger partial charge >= 0.3 is 0 Å². The van der Waals surface area contributed by atoms with Crippen molar-refractivity contribution in [1.29, 1.82) is 0 Å². The van der Waals surface area contributed by atoms with Gasteiger partial charge in [0.05, 0.1) is 0 Å². The summed E-state index contributed by atoms with van der Waals surface area (Å²) in [7, 11) is 0. The molecule has 0 radical (unpaired) electrons. The number of nitrogens with zero attached hydrogens (tertiary/aromatic N) is 1. The third-order valence-corrected chi connectivity index (χ3v) is 4.64. The number of hydrogen-bond acceptors (Lipinski definition) is 3. The largest absolute Gasteiger partial charge is 0.484 e. The summed E-state index contributed by atoms with van der Waals surface area (Å²) in [5.41, 5.74) is 0.294. The zero-order chi connectivity index (χ0) is 21.6. The number of nitrogens with one attached hydrogen (secondary N) is 1. The number of ether oxygens (including phenoxy) is 1. The van der Waals surface area contributed by atoms with Gasteiger partial charge in [0.25, 0.3) is 5.91 Å². The molecule has 7 heteroatoms. The van der Waals surface area contributed by atoms with Crippen molar-refractivity contribution in [2.45, 2.75) is 45.8 Å². The van der Waals surface area contributed by atoms with Crippen molar-refractivity contribution in [1.82, 2.24) is 10.2 Å². The van der Waals surface area contributed by atoms with Crippen molar-refractivity contribution in [3.05, 3.63) is 64.4 Å². The molecule has 0 saturated carbocycles. The normalized spacial score (nSPS) is 12.2. The van der Waals surface area contributed by atoms with E-state index in [0.29, 0.717) is 5.75 Å². The quantitative estimate of drug-likeness (QED) is 0.664. The Hall–Kier alpha value is -2.41. The van der Waals surface area contributed by atoms with Gasteiger partial charge in [-0.25, -0.2) is 4.39 Å². The van der Waals surface area contributed by atoms with Crippen LogP contribution in [0.5, 0.6) is 5.75 Å². The maximum absolute atomic E-state index is 13.2. The molecule has 2 amide bonds. The lowest BCUT2D eigenvalue weighted by Gasteiger charge is -2.31. The van der Waals surface area contributed by atoms with Crippen LogP contribution < -0.4 is 10.1 Å². The summed E-state index contributed by atoms with van der Waals surface area (Å²) in [6, 6.07) is 12.3. The fourth-order valence-corrected chi connectivity index (χ4v) is 2.87. The van der Waals surface area contributed by atoms with E-state index in [9.17, 15) is 14.0 Å². The van der Waals surface area contributed by atoms with Crippen molar-refractivity contribution in [2.24, 2.45) is 0 Å². The minimum Gasteiger partial charge on any atom is -0.484 e. The number of carbonyl (C=O) groups excluding carboxylic acids is 2. The standard InChI is InChI=1S/C22H26BrFN2O3/c1-15(21(28)25-22(2,3)4)26(13-16-5-9-18(24)10-6-16)20(27)14-29-19-11-7-17(23)8-12-19/h5-12,15H,13-14H2,1-4H3,(H,25,28)/t15-/m0/s1. The molecule has 2 rings (SSSR count). The second-order valence-corrected chi connectivity index (χ2v) is 8.72. The zero-order valence-corrected chi connectivity index (χ0v) is 18.6. The smallest absolute Gasteiger partial charge is 0.261 e. The molecule has 1 atom stereocenters. The van der Waals surface area contributed by atoms with Crippen molar-refractivity contribution in [2.75, 3.05) is 6.61 Å². The van der Waals surface area contributed by atoms with Crippen molar-refractivity contribution >= 4 is 27.7 Å². The number of amides is 2. The summed E-state index contributed by atoms with van der Waals surface area (Å²) in [5.74, 6) is -0.413. The molecule has 0 spiro atoms. The van der Waals surface area contributed by atoms with E-state index in [1.54, 1.807) is 31.2 Å². The Bertz CT molecular complexity index is 833. The number of benzene rings is 2. The van der Waals surface area contributed by atoms with Gasteiger partial charge in [-0.3, -0.25) is 9.59 Å². The number of carbonyl (C=O) groups is 2. The maximum Gasteiger partial charge on any atom is 0.261 e. The van der Waals surface area contributed by atoms with E-state index in [-0.39, 0.29) is 30.8 Å². The average Bonchev–Trinajstić information content (AvgIpc) is 2.65. The molecule has 0 saturated heterocycles. The van der Waals surface area contributed by atoms with E-state index in [1.807, 2.05) is 32.9 Å². The first-order chi connectivity index (χ1) is 13.5. The highest BCUT2D eigenvalue weighted by Crippen LogP contribution is 2.17. The minimum atomic E-state index is -0.722. The van der Waals surface area contributed by atoms with Crippen molar-refractivity contribution in [3.8, 4) is 5.75 Å².